The molecule has 0 spiro atoms. The Hall–Kier alpha value is -1.88. The summed E-state index contributed by atoms with van der Waals surface area (Å²) >= 11 is 0. The molecule has 96 valence electrons. The third-order valence-electron chi connectivity index (χ3n) is 2.67. The van der Waals surface area contributed by atoms with Crippen molar-refractivity contribution in [3.05, 3.63) is 42.0 Å². The quantitative estimate of drug-likeness (QED) is 0.841. The molecule has 0 bridgehead atoms. The summed E-state index contributed by atoms with van der Waals surface area (Å²) in [6.45, 7) is 4.15. The van der Waals surface area contributed by atoms with Gasteiger partial charge in [-0.3, -0.25) is 0 Å². The second-order valence-corrected chi connectivity index (χ2v) is 3.95. The zero-order valence-electron chi connectivity index (χ0n) is 10.8. The van der Waals surface area contributed by atoms with Crippen LogP contribution in [-0.2, 0) is 19.7 Å². The Labute approximate surface area is 107 Å². The van der Waals surface area contributed by atoms with E-state index in [1.807, 2.05) is 30.8 Å². The van der Waals surface area contributed by atoms with Crippen LogP contribution >= 0.6 is 0 Å². The molecule has 1 heterocycles. The van der Waals surface area contributed by atoms with Crippen molar-refractivity contribution in [2.75, 3.05) is 7.05 Å². The zero-order valence-corrected chi connectivity index (χ0v) is 10.8. The molecule has 5 nitrogen and oxygen atoms in total. The summed E-state index contributed by atoms with van der Waals surface area (Å²) in [4.78, 5) is 4.17. The fourth-order valence-electron chi connectivity index (χ4n) is 1.72. The van der Waals surface area contributed by atoms with E-state index in [1.165, 1.54) is 5.56 Å². The molecule has 1 aromatic heterocycles. The van der Waals surface area contributed by atoms with Crippen molar-refractivity contribution in [1.82, 2.24) is 20.1 Å². The van der Waals surface area contributed by atoms with Crippen LogP contribution < -0.4 is 10.1 Å². The van der Waals surface area contributed by atoms with Crippen LogP contribution in [0.25, 0.3) is 0 Å². The van der Waals surface area contributed by atoms with Crippen LogP contribution in [0.1, 0.15) is 18.3 Å². The van der Waals surface area contributed by atoms with Gasteiger partial charge in [0.2, 0.25) is 0 Å². The maximum absolute atomic E-state index is 5.68. The monoisotopic (exact) mass is 246 g/mol. The van der Waals surface area contributed by atoms with E-state index in [0.717, 1.165) is 24.7 Å². The first-order chi connectivity index (χ1) is 8.83. The van der Waals surface area contributed by atoms with Gasteiger partial charge in [-0.1, -0.05) is 12.1 Å². The van der Waals surface area contributed by atoms with Gasteiger partial charge in [-0.05, 0) is 31.7 Å². The molecule has 2 aromatic rings. The molecule has 5 heteroatoms. The molecule has 0 amide bonds. The molecule has 0 saturated carbocycles. The summed E-state index contributed by atoms with van der Waals surface area (Å²) in [5.74, 6) is 1.69. The van der Waals surface area contributed by atoms with Crippen LogP contribution in [0.2, 0.25) is 0 Å². The molecule has 1 N–H and O–H groups in total. The van der Waals surface area contributed by atoms with E-state index in [0.29, 0.717) is 6.61 Å². The van der Waals surface area contributed by atoms with E-state index in [1.54, 1.807) is 6.33 Å². The van der Waals surface area contributed by atoms with Crippen molar-refractivity contribution < 1.29 is 4.74 Å². The lowest BCUT2D eigenvalue weighted by atomic mass is 10.2. The first kappa shape index (κ1) is 12.6. The van der Waals surface area contributed by atoms with Gasteiger partial charge in [-0.2, -0.15) is 5.10 Å². The number of benzene rings is 1. The van der Waals surface area contributed by atoms with Crippen LogP contribution in [0.4, 0.5) is 0 Å². The molecule has 0 aliphatic heterocycles. The van der Waals surface area contributed by atoms with E-state index in [2.05, 4.69) is 27.5 Å². The smallest absolute Gasteiger partial charge is 0.164 e. The minimum absolute atomic E-state index is 0.444. The average molecular weight is 246 g/mol. The second kappa shape index (κ2) is 6.16. The van der Waals surface area contributed by atoms with E-state index in [-0.39, 0.29) is 0 Å². The molecular formula is C13H18N4O. The van der Waals surface area contributed by atoms with Gasteiger partial charge >= 0.3 is 0 Å². The molecule has 0 saturated heterocycles. The number of rotatable bonds is 6. The van der Waals surface area contributed by atoms with E-state index >= 15 is 0 Å². The number of nitrogens with one attached hydrogen (secondary N) is 1. The number of hydrogen-bond donors (Lipinski definition) is 1. The first-order valence-corrected chi connectivity index (χ1v) is 6.06. The molecule has 0 fully saturated rings. The largest absolute Gasteiger partial charge is 0.486 e. The predicted octanol–water partition coefficient (Wildman–Crippen LogP) is 1.60. The van der Waals surface area contributed by atoms with Gasteiger partial charge in [0.15, 0.2) is 5.82 Å². The van der Waals surface area contributed by atoms with Gasteiger partial charge in [0.1, 0.15) is 18.7 Å². The Morgan fingerprint density at radius 2 is 2.06 bits per heavy atom. The minimum atomic E-state index is 0.444. The lowest BCUT2D eigenvalue weighted by Gasteiger charge is -2.07. The highest BCUT2D eigenvalue weighted by Gasteiger charge is 2.03. The van der Waals surface area contributed by atoms with Gasteiger partial charge in [0.25, 0.3) is 0 Å². The molecule has 0 atom stereocenters. The van der Waals surface area contributed by atoms with Crippen molar-refractivity contribution in [1.29, 1.82) is 0 Å². The molecule has 0 aliphatic carbocycles. The predicted molar refractivity (Wildman–Crippen MR) is 69.2 cm³/mol. The Morgan fingerprint density at radius 3 is 2.72 bits per heavy atom. The fraction of sp³-hybridized carbons (Fsp3) is 0.385. The van der Waals surface area contributed by atoms with Crippen LogP contribution in [0.5, 0.6) is 5.75 Å². The molecule has 0 aliphatic rings. The Bertz CT molecular complexity index is 478. The summed E-state index contributed by atoms with van der Waals surface area (Å²) in [7, 11) is 1.93. The van der Waals surface area contributed by atoms with Gasteiger partial charge in [0.05, 0.1) is 0 Å². The zero-order chi connectivity index (χ0) is 12.8. The summed E-state index contributed by atoms with van der Waals surface area (Å²) in [6.07, 6.45) is 1.55. The van der Waals surface area contributed by atoms with E-state index < -0.39 is 0 Å². The highest BCUT2D eigenvalue weighted by atomic mass is 16.5. The lowest BCUT2D eigenvalue weighted by molar-refractivity contribution is 0.287. The fourth-order valence-corrected chi connectivity index (χ4v) is 1.72. The Balaban J connectivity index is 1.94. The van der Waals surface area contributed by atoms with Gasteiger partial charge in [-0.15, -0.1) is 0 Å². The number of hydrogen-bond acceptors (Lipinski definition) is 4. The van der Waals surface area contributed by atoms with Crippen molar-refractivity contribution in [2.24, 2.45) is 0 Å². The number of aromatic nitrogens is 3. The number of nitrogens with zero attached hydrogens (tertiary/aromatic N) is 3. The lowest BCUT2D eigenvalue weighted by Crippen LogP contribution is -2.07. The van der Waals surface area contributed by atoms with Crippen LogP contribution in [0, 0.1) is 0 Å². The molecule has 0 radical (unpaired) electrons. The summed E-state index contributed by atoms with van der Waals surface area (Å²) in [6, 6.07) is 8.05. The van der Waals surface area contributed by atoms with Crippen LogP contribution in [0.15, 0.2) is 30.6 Å². The maximum Gasteiger partial charge on any atom is 0.164 e. The highest BCUT2D eigenvalue weighted by Crippen LogP contribution is 2.13. The normalized spacial score (nSPS) is 10.6. The number of aryl methyl sites for hydroxylation is 1. The van der Waals surface area contributed by atoms with Gasteiger partial charge in [0, 0.05) is 13.1 Å². The van der Waals surface area contributed by atoms with Crippen molar-refractivity contribution in [2.45, 2.75) is 26.6 Å². The Morgan fingerprint density at radius 1 is 1.28 bits per heavy atom. The van der Waals surface area contributed by atoms with Crippen molar-refractivity contribution in [3.8, 4) is 5.75 Å². The summed E-state index contributed by atoms with van der Waals surface area (Å²) < 4.78 is 7.51. The molecular weight excluding hydrogens is 228 g/mol. The van der Waals surface area contributed by atoms with Gasteiger partial charge in [-0.25, -0.2) is 9.67 Å². The SMILES string of the molecule is CCn1ncnc1COc1ccc(CNC)cc1. The summed E-state index contributed by atoms with van der Waals surface area (Å²) in [5, 5.41) is 7.21. The molecule has 18 heavy (non-hydrogen) atoms. The van der Waals surface area contributed by atoms with Gasteiger partial charge < -0.3 is 10.1 Å². The van der Waals surface area contributed by atoms with E-state index in [9.17, 15) is 0 Å². The second-order valence-electron chi connectivity index (χ2n) is 3.95. The summed E-state index contributed by atoms with van der Waals surface area (Å²) in [5.41, 5.74) is 1.24. The maximum atomic E-state index is 5.68. The Kier molecular flexibility index (Phi) is 4.30. The standard InChI is InChI=1S/C13H18N4O/c1-3-17-13(15-10-16-17)9-18-12-6-4-11(5-7-12)8-14-2/h4-7,10,14H,3,8-9H2,1-2H3. The molecule has 2 rings (SSSR count). The van der Waals surface area contributed by atoms with Crippen LogP contribution in [-0.4, -0.2) is 21.8 Å². The van der Waals surface area contributed by atoms with E-state index in [4.69, 9.17) is 4.74 Å². The highest BCUT2D eigenvalue weighted by molar-refractivity contribution is 5.27. The third kappa shape index (κ3) is 3.07. The average Bonchev–Trinajstić information content (AvgIpc) is 2.86. The molecule has 1 aromatic carbocycles. The number of ether oxygens (including phenoxy) is 1. The molecule has 0 unspecified atom stereocenters. The van der Waals surface area contributed by atoms with Crippen LogP contribution in [0.3, 0.4) is 0 Å². The van der Waals surface area contributed by atoms with Crippen molar-refractivity contribution >= 4 is 0 Å². The van der Waals surface area contributed by atoms with Crippen molar-refractivity contribution in [3.63, 3.8) is 0 Å². The minimum Gasteiger partial charge on any atom is -0.486 e. The topological polar surface area (TPSA) is 52.0 Å². The first-order valence-electron chi connectivity index (χ1n) is 6.06. The third-order valence-corrected chi connectivity index (χ3v) is 2.67.